The first-order valence-electron chi connectivity index (χ1n) is 11.2. The summed E-state index contributed by atoms with van der Waals surface area (Å²) >= 11 is 0. The summed E-state index contributed by atoms with van der Waals surface area (Å²) < 4.78 is 42.6. The Bertz CT molecular complexity index is 1410. The molecule has 0 atom stereocenters. The van der Waals surface area contributed by atoms with E-state index in [9.17, 15) is 18.4 Å². The van der Waals surface area contributed by atoms with Crippen LogP contribution in [0.25, 0.3) is 22.2 Å². The molecular formula is C26H22F3N5. The van der Waals surface area contributed by atoms with E-state index in [0.717, 1.165) is 55.0 Å². The number of nitrogens with one attached hydrogen (secondary N) is 1. The molecule has 172 valence electrons. The minimum absolute atomic E-state index is 0.139. The zero-order chi connectivity index (χ0) is 23.8. The van der Waals surface area contributed by atoms with Gasteiger partial charge in [-0.1, -0.05) is 12.1 Å². The zero-order valence-electron chi connectivity index (χ0n) is 18.6. The Balaban J connectivity index is 1.65. The molecule has 4 aromatic rings. The number of aryl methyl sites for hydroxylation is 1. The predicted molar refractivity (Wildman–Crippen MR) is 124 cm³/mol. The van der Waals surface area contributed by atoms with Crippen molar-refractivity contribution >= 4 is 16.7 Å². The summed E-state index contributed by atoms with van der Waals surface area (Å²) in [6.07, 6.45) is 3.19. The Labute approximate surface area is 194 Å². The molecule has 1 aliphatic rings. The summed E-state index contributed by atoms with van der Waals surface area (Å²) in [5.41, 5.74) is 3.39. The summed E-state index contributed by atoms with van der Waals surface area (Å²) in [5.74, 6) is -3.33. The van der Waals surface area contributed by atoms with Gasteiger partial charge in [-0.05, 0) is 56.0 Å². The highest BCUT2D eigenvalue weighted by Gasteiger charge is 2.23. The summed E-state index contributed by atoms with van der Waals surface area (Å²) in [7, 11) is 0. The van der Waals surface area contributed by atoms with E-state index in [-0.39, 0.29) is 17.7 Å². The third-order valence-electron chi connectivity index (χ3n) is 6.43. The highest BCUT2D eigenvalue weighted by molar-refractivity contribution is 5.98. The topological polar surface area (TPSA) is 68.6 Å². The van der Waals surface area contributed by atoms with Gasteiger partial charge in [0.1, 0.15) is 11.9 Å². The molecule has 0 bridgehead atoms. The molecule has 1 N–H and O–H groups in total. The maximum Gasteiger partial charge on any atom is 0.182 e. The molecule has 0 radical (unpaired) electrons. The van der Waals surface area contributed by atoms with Crippen molar-refractivity contribution in [3.8, 4) is 17.2 Å². The second-order valence-electron chi connectivity index (χ2n) is 8.56. The normalized spacial score (nSPS) is 13.9. The number of H-pyrrole nitrogens is 1. The number of aromatic nitrogens is 3. The maximum atomic E-state index is 14.4. The zero-order valence-corrected chi connectivity index (χ0v) is 18.6. The minimum atomic E-state index is -1.28. The second-order valence-corrected chi connectivity index (χ2v) is 8.56. The summed E-state index contributed by atoms with van der Waals surface area (Å²) in [4.78, 5) is 6.76. The van der Waals surface area contributed by atoms with Crippen LogP contribution >= 0.6 is 0 Å². The van der Waals surface area contributed by atoms with Gasteiger partial charge in [0.25, 0.3) is 0 Å². The molecule has 3 heterocycles. The lowest BCUT2D eigenvalue weighted by molar-refractivity contribution is 0.482. The van der Waals surface area contributed by atoms with E-state index in [2.05, 4.69) is 26.2 Å². The first kappa shape index (κ1) is 22.0. The fourth-order valence-electron chi connectivity index (χ4n) is 4.68. The van der Waals surface area contributed by atoms with Gasteiger partial charge in [0.15, 0.2) is 17.3 Å². The largest absolute Gasteiger partial charge is 0.372 e. The van der Waals surface area contributed by atoms with Crippen molar-refractivity contribution in [2.75, 3.05) is 18.0 Å². The average Bonchev–Trinajstić information content (AvgIpc) is 3.24. The van der Waals surface area contributed by atoms with E-state index in [0.29, 0.717) is 16.6 Å². The van der Waals surface area contributed by atoms with Crippen LogP contribution in [0.4, 0.5) is 18.9 Å². The standard InChI is InChI=1S/C26H22F3N5/c1-15-23-24(16-5-7-17(8-6-16)34-11-3-2-4-12-34)19(14-30)22(31-26(23)33-32-15)13-18-20(27)9-10-21(28)25(18)29/h5-10H,2-4,11-13H2,1H3,(H,31,32,33). The van der Waals surface area contributed by atoms with Gasteiger partial charge in [-0.15, -0.1) is 0 Å². The highest BCUT2D eigenvalue weighted by atomic mass is 19.2. The van der Waals surface area contributed by atoms with Crippen LogP contribution in [0.15, 0.2) is 36.4 Å². The van der Waals surface area contributed by atoms with Gasteiger partial charge in [0, 0.05) is 42.0 Å². The van der Waals surface area contributed by atoms with Crippen molar-refractivity contribution in [1.82, 2.24) is 15.2 Å². The SMILES string of the molecule is Cc1[nH]nc2nc(Cc3c(F)ccc(F)c3F)c(C#N)c(-c3ccc(N4CCCCC4)cc3)c12. The van der Waals surface area contributed by atoms with Crippen molar-refractivity contribution in [1.29, 1.82) is 5.26 Å². The quantitative estimate of drug-likeness (QED) is 0.390. The second kappa shape index (κ2) is 8.82. The lowest BCUT2D eigenvalue weighted by Crippen LogP contribution is -2.29. The predicted octanol–water partition coefficient (Wildman–Crippen LogP) is 5.80. The van der Waals surface area contributed by atoms with Gasteiger partial charge in [-0.3, -0.25) is 5.10 Å². The molecule has 2 aromatic heterocycles. The van der Waals surface area contributed by atoms with Crippen LogP contribution in [0, 0.1) is 35.7 Å². The van der Waals surface area contributed by atoms with Crippen molar-refractivity contribution in [3.63, 3.8) is 0 Å². The molecule has 2 aromatic carbocycles. The number of benzene rings is 2. The molecule has 0 saturated carbocycles. The third-order valence-corrected chi connectivity index (χ3v) is 6.43. The molecule has 0 aliphatic carbocycles. The van der Waals surface area contributed by atoms with Crippen LogP contribution in [0.3, 0.4) is 0 Å². The molecule has 0 amide bonds. The van der Waals surface area contributed by atoms with Crippen LogP contribution < -0.4 is 4.90 Å². The maximum absolute atomic E-state index is 14.4. The van der Waals surface area contributed by atoms with Crippen LogP contribution in [0.5, 0.6) is 0 Å². The van der Waals surface area contributed by atoms with Crippen LogP contribution in [0.2, 0.25) is 0 Å². The van der Waals surface area contributed by atoms with E-state index in [1.54, 1.807) is 0 Å². The van der Waals surface area contributed by atoms with Crippen molar-refractivity contribution in [2.24, 2.45) is 0 Å². The monoisotopic (exact) mass is 461 g/mol. The Morgan fingerprint density at radius 1 is 1.00 bits per heavy atom. The highest BCUT2D eigenvalue weighted by Crippen LogP contribution is 2.36. The number of halogens is 3. The van der Waals surface area contributed by atoms with Gasteiger partial charge in [0.2, 0.25) is 0 Å². The van der Waals surface area contributed by atoms with Gasteiger partial charge in [0.05, 0.1) is 16.6 Å². The molecule has 8 heteroatoms. The lowest BCUT2D eigenvalue weighted by atomic mass is 9.93. The number of hydrogen-bond donors (Lipinski definition) is 1. The summed E-state index contributed by atoms with van der Waals surface area (Å²) in [6, 6.07) is 11.7. The van der Waals surface area contributed by atoms with E-state index in [4.69, 9.17) is 0 Å². The van der Waals surface area contributed by atoms with Gasteiger partial charge >= 0.3 is 0 Å². The fraction of sp³-hybridized carbons (Fsp3) is 0.269. The van der Waals surface area contributed by atoms with Crippen LogP contribution in [-0.4, -0.2) is 28.3 Å². The van der Waals surface area contributed by atoms with Gasteiger partial charge in [-0.2, -0.15) is 10.4 Å². The number of fused-ring (bicyclic) bond motifs is 1. The van der Waals surface area contributed by atoms with Crippen LogP contribution in [0.1, 0.15) is 41.8 Å². The summed E-state index contributed by atoms with van der Waals surface area (Å²) in [5, 5.41) is 17.9. The molecule has 1 fully saturated rings. The number of nitrogens with zero attached hydrogens (tertiary/aromatic N) is 4. The molecule has 5 nitrogen and oxygen atoms in total. The Morgan fingerprint density at radius 2 is 1.71 bits per heavy atom. The fourth-order valence-corrected chi connectivity index (χ4v) is 4.68. The Kier molecular flexibility index (Phi) is 5.70. The Hall–Kier alpha value is -3.86. The number of anilines is 1. The van der Waals surface area contributed by atoms with Gasteiger partial charge in [-0.25, -0.2) is 18.2 Å². The van der Waals surface area contributed by atoms with Crippen LogP contribution in [-0.2, 0) is 6.42 Å². The van der Waals surface area contributed by atoms with Crippen molar-refractivity contribution in [3.05, 3.63) is 76.4 Å². The van der Waals surface area contributed by atoms with E-state index in [1.807, 2.05) is 31.2 Å². The molecule has 1 aliphatic heterocycles. The Morgan fingerprint density at radius 3 is 2.41 bits per heavy atom. The van der Waals surface area contributed by atoms with Crippen molar-refractivity contribution in [2.45, 2.75) is 32.6 Å². The number of rotatable bonds is 4. The van der Waals surface area contributed by atoms with E-state index in [1.165, 1.54) is 6.42 Å². The molecule has 5 rings (SSSR count). The third kappa shape index (κ3) is 3.77. The number of piperidine rings is 1. The first-order valence-corrected chi connectivity index (χ1v) is 11.2. The molecule has 0 unspecified atom stereocenters. The lowest BCUT2D eigenvalue weighted by Gasteiger charge is -2.29. The number of aromatic amines is 1. The number of nitriles is 1. The van der Waals surface area contributed by atoms with E-state index >= 15 is 0 Å². The molecule has 0 spiro atoms. The molecular weight excluding hydrogens is 439 g/mol. The average molecular weight is 461 g/mol. The number of hydrogen-bond acceptors (Lipinski definition) is 4. The minimum Gasteiger partial charge on any atom is -0.372 e. The summed E-state index contributed by atoms with van der Waals surface area (Å²) in [6.45, 7) is 3.85. The van der Waals surface area contributed by atoms with E-state index < -0.39 is 23.0 Å². The molecule has 34 heavy (non-hydrogen) atoms. The number of pyridine rings is 1. The van der Waals surface area contributed by atoms with Crippen molar-refractivity contribution < 1.29 is 13.2 Å². The first-order chi connectivity index (χ1) is 16.5. The smallest absolute Gasteiger partial charge is 0.182 e. The molecule has 1 saturated heterocycles. The van der Waals surface area contributed by atoms with Gasteiger partial charge < -0.3 is 4.90 Å².